The van der Waals surface area contributed by atoms with Gasteiger partial charge >= 0.3 is 0 Å². The summed E-state index contributed by atoms with van der Waals surface area (Å²) in [5.74, 6) is 1.21. The van der Waals surface area contributed by atoms with E-state index < -0.39 is 0 Å². The maximum absolute atomic E-state index is 12.6. The zero-order valence-electron chi connectivity index (χ0n) is 15.3. The summed E-state index contributed by atoms with van der Waals surface area (Å²) in [6.45, 7) is 4.83. The van der Waals surface area contributed by atoms with E-state index in [2.05, 4.69) is 13.0 Å². The van der Waals surface area contributed by atoms with Crippen LogP contribution in [-0.4, -0.2) is 25.7 Å². The Balaban J connectivity index is 2.04. The van der Waals surface area contributed by atoms with Crippen molar-refractivity contribution in [2.75, 3.05) is 24.7 Å². The first-order chi connectivity index (χ1) is 12.7. The molecule has 2 aromatic rings. The van der Waals surface area contributed by atoms with E-state index in [1.54, 1.807) is 4.90 Å². The van der Waals surface area contributed by atoms with E-state index in [0.717, 1.165) is 17.9 Å². The fraction of sp³-hybridized carbons (Fsp3) is 0.333. The molecule has 0 aliphatic carbocycles. The zero-order chi connectivity index (χ0) is 18.8. The molecule has 0 fully saturated rings. The highest BCUT2D eigenvalue weighted by Gasteiger charge is 2.16. The van der Waals surface area contributed by atoms with Crippen LogP contribution in [0.3, 0.4) is 0 Å². The van der Waals surface area contributed by atoms with Crippen molar-refractivity contribution in [3.05, 3.63) is 54.1 Å². The molecule has 0 radical (unpaired) electrons. The molecule has 0 saturated heterocycles. The van der Waals surface area contributed by atoms with Gasteiger partial charge in [-0.3, -0.25) is 4.79 Å². The molecule has 0 heterocycles. The van der Waals surface area contributed by atoms with Gasteiger partial charge in [0.2, 0.25) is 0 Å². The Labute approximate surface area is 154 Å². The highest BCUT2D eigenvalue weighted by atomic mass is 16.5. The molecule has 0 aliphatic heterocycles. The summed E-state index contributed by atoms with van der Waals surface area (Å²) >= 11 is 0. The average Bonchev–Trinajstić information content (AvgIpc) is 2.68. The van der Waals surface area contributed by atoms with Crippen LogP contribution in [0.2, 0.25) is 0 Å². The van der Waals surface area contributed by atoms with E-state index in [-0.39, 0.29) is 18.9 Å². The number of nitrogens with zero attached hydrogens (tertiary/aromatic N) is 2. The predicted molar refractivity (Wildman–Crippen MR) is 102 cm³/mol. The van der Waals surface area contributed by atoms with Crippen LogP contribution in [-0.2, 0) is 11.2 Å². The van der Waals surface area contributed by atoms with Gasteiger partial charge in [-0.25, -0.2) is 0 Å². The maximum Gasteiger partial charge on any atom is 0.264 e. The predicted octanol–water partition coefficient (Wildman–Crippen LogP) is 3.97. The number of carbonyl (C=O) groups is 1. The maximum atomic E-state index is 12.6. The number of ether oxygens (including phenoxy) is 2. The van der Waals surface area contributed by atoms with Gasteiger partial charge in [0.1, 0.15) is 11.5 Å². The van der Waals surface area contributed by atoms with Crippen LogP contribution in [0.25, 0.3) is 0 Å². The number of anilines is 1. The lowest BCUT2D eigenvalue weighted by Crippen LogP contribution is -2.35. The van der Waals surface area contributed by atoms with Gasteiger partial charge in [0, 0.05) is 12.2 Å². The summed E-state index contributed by atoms with van der Waals surface area (Å²) in [7, 11) is 0. The Bertz CT molecular complexity index is 733. The summed E-state index contributed by atoms with van der Waals surface area (Å²) < 4.78 is 11.0. The molecule has 2 rings (SSSR count). The van der Waals surface area contributed by atoms with Crippen LogP contribution in [0.1, 0.15) is 25.8 Å². The van der Waals surface area contributed by atoms with Crippen LogP contribution in [0.4, 0.5) is 5.69 Å². The fourth-order valence-electron chi connectivity index (χ4n) is 2.49. The molecule has 26 heavy (non-hydrogen) atoms. The van der Waals surface area contributed by atoms with Gasteiger partial charge in [0.15, 0.2) is 6.61 Å². The van der Waals surface area contributed by atoms with Crippen LogP contribution in [0.5, 0.6) is 11.5 Å². The van der Waals surface area contributed by atoms with E-state index in [9.17, 15) is 4.79 Å². The molecule has 0 aromatic heterocycles. The minimum atomic E-state index is -0.191. The molecule has 0 saturated carbocycles. The third-order valence-corrected chi connectivity index (χ3v) is 3.90. The number of aryl methyl sites for hydroxylation is 1. The summed E-state index contributed by atoms with van der Waals surface area (Å²) in [5, 5.41) is 8.88. The number of nitriles is 1. The molecule has 0 bridgehead atoms. The van der Waals surface area contributed by atoms with Crippen LogP contribution in [0, 0.1) is 11.3 Å². The van der Waals surface area contributed by atoms with E-state index in [1.165, 1.54) is 5.56 Å². The van der Waals surface area contributed by atoms with Crippen molar-refractivity contribution >= 4 is 11.6 Å². The molecule has 0 N–H and O–H groups in total. The molecule has 136 valence electrons. The van der Waals surface area contributed by atoms with E-state index in [1.807, 2.05) is 55.5 Å². The van der Waals surface area contributed by atoms with Crippen molar-refractivity contribution in [3.63, 3.8) is 0 Å². The average molecular weight is 352 g/mol. The number of rotatable bonds is 9. The Morgan fingerprint density at radius 2 is 1.62 bits per heavy atom. The smallest absolute Gasteiger partial charge is 0.264 e. The lowest BCUT2D eigenvalue weighted by atomic mass is 10.2. The van der Waals surface area contributed by atoms with Gasteiger partial charge in [-0.1, -0.05) is 19.1 Å². The van der Waals surface area contributed by atoms with E-state index in [4.69, 9.17) is 14.7 Å². The van der Waals surface area contributed by atoms with Gasteiger partial charge in [-0.15, -0.1) is 0 Å². The van der Waals surface area contributed by atoms with Gasteiger partial charge in [-0.2, -0.15) is 5.26 Å². The molecule has 0 spiro atoms. The van der Waals surface area contributed by atoms with Crippen molar-refractivity contribution in [1.82, 2.24) is 0 Å². The van der Waals surface area contributed by atoms with Crippen molar-refractivity contribution in [3.8, 4) is 17.6 Å². The molecule has 0 aliphatic rings. The number of amides is 1. The monoisotopic (exact) mass is 352 g/mol. The Morgan fingerprint density at radius 3 is 2.19 bits per heavy atom. The molecule has 0 unspecified atom stereocenters. The van der Waals surface area contributed by atoms with Crippen LogP contribution < -0.4 is 14.4 Å². The molecule has 5 nitrogen and oxygen atoms in total. The van der Waals surface area contributed by atoms with Gasteiger partial charge < -0.3 is 14.4 Å². The topological polar surface area (TPSA) is 62.6 Å². The largest absolute Gasteiger partial charge is 0.494 e. The van der Waals surface area contributed by atoms with E-state index in [0.29, 0.717) is 18.9 Å². The van der Waals surface area contributed by atoms with Gasteiger partial charge in [0.05, 0.1) is 19.1 Å². The molecular formula is C21H24N2O3. The van der Waals surface area contributed by atoms with Crippen molar-refractivity contribution in [2.45, 2.75) is 26.7 Å². The van der Waals surface area contributed by atoms with Gasteiger partial charge in [-0.05, 0) is 55.3 Å². The summed E-state index contributed by atoms with van der Waals surface area (Å²) in [6.07, 6.45) is 1.21. The SMILES string of the molecule is CCOc1ccc(N(CCC#N)C(=O)COc2ccc(CC)cc2)cc1. The van der Waals surface area contributed by atoms with Gasteiger partial charge in [0.25, 0.3) is 5.91 Å². The Morgan fingerprint density at radius 1 is 1.00 bits per heavy atom. The van der Waals surface area contributed by atoms with Crippen molar-refractivity contribution in [1.29, 1.82) is 5.26 Å². The van der Waals surface area contributed by atoms with Crippen LogP contribution in [0.15, 0.2) is 48.5 Å². The first kappa shape index (κ1) is 19.3. The fourth-order valence-corrected chi connectivity index (χ4v) is 2.49. The first-order valence-corrected chi connectivity index (χ1v) is 8.79. The second-order valence-electron chi connectivity index (χ2n) is 5.67. The summed E-state index contributed by atoms with van der Waals surface area (Å²) in [4.78, 5) is 14.2. The number of hydrogen-bond acceptors (Lipinski definition) is 4. The molecule has 5 heteroatoms. The van der Waals surface area contributed by atoms with Crippen LogP contribution >= 0.6 is 0 Å². The third-order valence-electron chi connectivity index (χ3n) is 3.90. The number of carbonyl (C=O) groups excluding carboxylic acids is 1. The molecular weight excluding hydrogens is 328 g/mol. The molecule has 2 aromatic carbocycles. The summed E-state index contributed by atoms with van der Waals surface area (Å²) in [5.41, 5.74) is 1.94. The van der Waals surface area contributed by atoms with Crippen molar-refractivity contribution in [2.24, 2.45) is 0 Å². The minimum absolute atomic E-state index is 0.0793. The third kappa shape index (κ3) is 5.52. The first-order valence-electron chi connectivity index (χ1n) is 8.79. The normalized spacial score (nSPS) is 10.0. The standard InChI is InChI=1S/C21H24N2O3/c1-3-17-6-10-20(11-7-17)26-16-21(24)23(15-5-14-22)18-8-12-19(13-9-18)25-4-2/h6-13H,3-5,15-16H2,1-2H3. The summed E-state index contributed by atoms with van der Waals surface area (Å²) in [6, 6.07) is 17.0. The Kier molecular flexibility index (Phi) is 7.50. The molecule has 1 amide bonds. The minimum Gasteiger partial charge on any atom is -0.494 e. The van der Waals surface area contributed by atoms with Crippen molar-refractivity contribution < 1.29 is 14.3 Å². The Hall–Kier alpha value is -3.00. The lowest BCUT2D eigenvalue weighted by molar-refractivity contribution is -0.120. The second-order valence-corrected chi connectivity index (χ2v) is 5.67. The lowest BCUT2D eigenvalue weighted by Gasteiger charge is -2.22. The highest BCUT2D eigenvalue weighted by molar-refractivity contribution is 5.94. The quantitative estimate of drug-likeness (QED) is 0.685. The zero-order valence-corrected chi connectivity index (χ0v) is 15.3. The number of hydrogen-bond donors (Lipinski definition) is 0. The number of benzene rings is 2. The molecule has 0 atom stereocenters. The second kappa shape index (κ2) is 10.1. The van der Waals surface area contributed by atoms with E-state index >= 15 is 0 Å². The highest BCUT2D eigenvalue weighted by Crippen LogP contribution is 2.20.